The topological polar surface area (TPSA) is 568 Å². The first-order chi connectivity index (χ1) is 45.3. The molecule has 1 aliphatic rings. The molecule has 1 aliphatic heterocycles. The van der Waals surface area contributed by atoms with Crippen LogP contribution in [0.3, 0.4) is 0 Å². The molecule has 1 aromatic carbocycles. The van der Waals surface area contributed by atoms with Gasteiger partial charge in [0.25, 0.3) is 0 Å². The van der Waals surface area contributed by atoms with Gasteiger partial charge in [-0.2, -0.15) is 37.0 Å². The number of primary amides is 1. The predicted molar refractivity (Wildman–Crippen MR) is 371 cm³/mol. The smallest absolute Gasteiger partial charge is 0.245 e. The molecule has 12 amide bonds. The zero-order valence-corrected chi connectivity index (χ0v) is 58.0. The van der Waals surface area contributed by atoms with Crippen LogP contribution in [0.2, 0.25) is 0 Å². The molecule has 1 heterocycles. The minimum atomic E-state index is -1.45. The summed E-state index contributed by atoms with van der Waals surface area (Å²) in [6, 6.07) is -6.54. The third-order valence-corrected chi connectivity index (χ3v) is 16.2. The van der Waals surface area contributed by atoms with Gasteiger partial charge in [0.1, 0.15) is 66.2 Å². The number of likely N-dealkylation sites (tertiary alicyclic amines) is 1. The van der Waals surface area contributed by atoms with E-state index in [9.17, 15) is 62.6 Å². The van der Waals surface area contributed by atoms with Crippen molar-refractivity contribution in [2.75, 3.05) is 56.2 Å². The first kappa shape index (κ1) is 83.6. The lowest BCUT2D eigenvalue weighted by Gasteiger charge is -2.31. The molecule has 0 aromatic heterocycles. The molecule has 538 valence electrons. The van der Waals surface area contributed by atoms with E-state index in [4.69, 9.17) is 40.1 Å². The number of aromatic hydroxyl groups is 1. The van der Waals surface area contributed by atoms with Crippen molar-refractivity contribution in [2.45, 2.75) is 172 Å². The van der Waals surface area contributed by atoms with Crippen LogP contribution < -0.4 is 93.3 Å². The van der Waals surface area contributed by atoms with Gasteiger partial charge in [-0.05, 0) is 106 Å². The van der Waals surface area contributed by atoms with Gasteiger partial charge in [-0.15, -0.1) is 0 Å². The molecule has 1 aromatic rings. The van der Waals surface area contributed by atoms with Crippen molar-refractivity contribution in [3.05, 3.63) is 29.8 Å². The molecule has 1 fully saturated rings. The lowest BCUT2D eigenvalue weighted by molar-refractivity contribution is -0.142. The fraction of sp³-hybridized carbons (Fsp3) is 0.644. The van der Waals surface area contributed by atoms with Gasteiger partial charge in [-0.25, -0.2) is 0 Å². The molecule has 0 radical (unpaired) electrons. The van der Waals surface area contributed by atoms with Crippen molar-refractivity contribution in [1.29, 1.82) is 0 Å². The summed E-state index contributed by atoms with van der Waals surface area (Å²) in [5, 5.41) is 36.6. The number of thioether (sulfide) groups is 1. The number of nitrogens with two attached hydrogens (primary N) is 7. The summed E-state index contributed by atoms with van der Waals surface area (Å²) in [5.41, 5.74) is 38.9. The Balaban J connectivity index is 2.38. The molecule has 0 bridgehead atoms. The Hall–Kier alpha value is -8.48. The average Bonchev–Trinajstić information content (AvgIpc) is 1.59. The SMILES string of the molecule is CSCC[C@H](NC(=O)[C@H](CS)NC(=O)[C@H](CCCN=C(N)N)NC(C)=O)C(=O)N[C@@H](CC(C)C)C(=O)NCCC(=O)N[C@@H](CCCN=C(N)N)C(=O)N[C@H](C(=O)N[C@@H](Cc1ccc(O)cc1)C(=O)N[C@@H](CCCN=C(N)N)C(=O)N1CCC[C@H]1C(=O)N[C@@H](CS)C(N)=O)C(C)C. The number of guanidine groups is 3. The van der Waals surface area contributed by atoms with Crippen LogP contribution in [0.25, 0.3) is 0 Å². The van der Waals surface area contributed by atoms with Crippen LogP contribution in [-0.2, 0) is 64.0 Å². The highest BCUT2D eigenvalue weighted by Crippen LogP contribution is 2.21. The lowest BCUT2D eigenvalue weighted by Crippen LogP contribution is -2.60. The van der Waals surface area contributed by atoms with E-state index in [1.54, 1.807) is 20.1 Å². The molecule has 96 heavy (non-hydrogen) atoms. The number of hydrogen-bond acceptors (Lipinski definition) is 19. The van der Waals surface area contributed by atoms with Crippen LogP contribution in [0, 0.1) is 11.8 Å². The van der Waals surface area contributed by atoms with Crippen LogP contribution in [0.15, 0.2) is 39.2 Å². The highest BCUT2D eigenvalue weighted by Gasteiger charge is 2.40. The van der Waals surface area contributed by atoms with E-state index >= 15 is 0 Å². The second kappa shape index (κ2) is 44.3. The number of benzene rings is 1. The molecule has 0 unspecified atom stereocenters. The number of phenols is 1. The molecule has 2 rings (SSSR count). The van der Waals surface area contributed by atoms with Crippen molar-refractivity contribution < 1.29 is 62.6 Å². The maximum absolute atomic E-state index is 14.6. The molecule has 0 spiro atoms. The zero-order valence-electron chi connectivity index (χ0n) is 55.4. The van der Waals surface area contributed by atoms with E-state index in [2.05, 4.69) is 93.4 Å². The van der Waals surface area contributed by atoms with Crippen LogP contribution >= 0.6 is 37.0 Å². The number of aliphatic imine (C=N–C) groups is 3. The van der Waals surface area contributed by atoms with E-state index < -0.39 is 137 Å². The van der Waals surface area contributed by atoms with Gasteiger partial charge in [0, 0.05) is 64.0 Å². The molecule has 0 saturated carbocycles. The number of thiol groups is 2. The maximum Gasteiger partial charge on any atom is 0.245 e. The van der Waals surface area contributed by atoms with Crippen LogP contribution in [0.1, 0.15) is 111 Å². The monoisotopic (exact) mass is 1410 g/mol. The Kier molecular flexibility index (Phi) is 38.6. The normalized spacial score (nSPS) is 15.4. The zero-order chi connectivity index (χ0) is 72.2. The first-order valence-electron chi connectivity index (χ1n) is 31.5. The first-order valence-corrected chi connectivity index (χ1v) is 34.2. The third-order valence-electron chi connectivity index (χ3n) is 14.8. The summed E-state index contributed by atoms with van der Waals surface area (Å²) in [5.74, 6) is -10.1. The van der Waals surface area contributed by atoms with Crippen LogP contribution in [0.4, 0.5) is 0 Å². The van der Waals surface area contributed by atoms with Gasteiger partial charge in [-0.3, -0.25) is 72.5 Å². The molecule has 25 N–H and O–H groups in total. The minimum Gasteiger partial charge on any atom is -0.508 e. The number of rotatable bonds is 44. The van der Waals surface area contributed by atoms with Crippen LogP contribution in [-0.4, -0.2) is 215 Å². The van der Waals surface area contributed by atoms with Gasteiger partial charge >= 0.3 is 0 Å². The lowest BCUT2D eigenvalue weighted by atomic mass is 9.99. The quantitative estimate of drug-likeness (QED) is 0.0126. The summed E-state index contributed by atoms with van der Waals surface area (Å²) >= 11 is 9.75. The van der Waals surface area contributed by atoms with Gasteiger partial charge in [0.05, 0.1) is 0 Å². The molecule has 34 nitrogen and oxygen atoms in total. The molecular weight excluding hydrogens is 1310 g/mol. The Labute approximate surface area is 574 Å². The Morgan fingerprint density at radius 1 is 0.573 bits per heavy atom. The van der Waals surface area contributed by atoms with Gasteiger partial charge in [0.15, 0.2) is 17.9 Å². The van der Waals surface area contributed by atoms with Crippen molar-refractivity contribution in [1.82, 2.24) is 58.1 Å². The predicted octanol–water partition coefficient (Wildman–Crippen LogP) is -5.22. The highest BCUT2D eigenvalue weighted by molar-refractivity contribution is 7.98. The maximum atomic E-state index is 14.6. The summed E-state index contributed by atoms with van der Waals surface area (Å²) in [4.78, 5) is 177. The number of nitrogens with one attached hydrogen (secondary N) is 10. The van der Waals surface area contributed by atoms with Crippen molar-refractivity contribution in [3.8, 4) is 5.75 Å². The molecule has 0 aliphatic carbocycles. The fourth-order valence-corrected chi connectivity index (χ4v) is 10.8. The molecule has 10 atom stereocenters. The van der Waals surface area contributed by atoms with Gasteiger partial charge < -0.3 is 103 Å². The molecule has 1 saturated heterocycles. The number of phenolic OH excluding ortho intramolecular Hbond substituents is 1. The van der Waals surface area contributed by atoms with Gasteiger partial charge in [-0.1, -0.05) is 39.8 Å². The van der Waals surface area contributed by atoms with Crippen LogP contribution in [0.5, 0.6) is 5.75 Å². The number of carbonyl (C=O) groups excluding carboxylic acids is 12. The third kappa shape index (κ3) is 31.8. The van der Waals surface area contributed by atoms with Crippen molar-refractivity contribution >= 4 is 126 Å². The summed E-state index contributed by atoms with van der Waals surface area (Å²) in [7, 11) is 0. The summed E-state index contributed by atoms with van der Waals surface area (Å²) in [6.07, 6.45) is 2.73. The number of carbonyl (C=O) groups is 12. The number of amides is 12. The Morgan fingerprint density at radius 2 is 1.04 bits per heavy atom. The standard InChI is InChI=1S/C59H101N21O13S3/c1-31(2)27-40(75-50(87)38(20-26-96-6)73-53(90)43(30-95)78-49(86)36(71-33(5)81)11-7-21-68-57(61)62)48(85)67-24-19-45(83)72-37(12-8-22-69-58(63)64)51(88)79-46(32(3)4)55(92)76-41(28-34-15-17-35(82)18-16-34)52(89)74-39(13-9-23-70-59(65)66)56(93)80-25-10-14-44(80)54(91)77-42(29-94)47(60)84/h15-18,31-32,36-44,46,82,94-95H,7-14,19-30H2,1-6H3,(H2,60,84)(H,67,85)(H,71,81)(H,72,83)(H,73,90)(H,74,89)(H,75,87)(H,76,92)(H,77,91)(H,78,86)(H,79,88)(H4,61,62,68)(H4,63,64,69)(H4,65,66,70)/t36-,37-,38-,39-,40-,41-,42-,43-,44-,46-/m0/s1. The van der Waals surface area contributed by atoms with E-state index in [-0.39, 0.29) is 138 Å². The van der Waals surface area contributed by atoms with E-state index in [0.717, 1.165) is 0 Å². The minimum absolute atomic E-state index is 0.0382. The van der Waals surface area contributed by atoms with E-state index in [1.165, 1.54) is 47.9 Å². The summed E-state index contributed by atoms with van der Waals surface area (Å²) in [6.45, 7) is 8.19. The largest absolute Gasteiger partial charge is 0.508 e. The Bertz CT molecular complexity index is 2860. The number of hydrogen-bond donors (Lipinski definition) is 20. The second-order valence-electron chi connectivity index (χ2n) is 23.6. The number of nitrogens with zero attached hydrogens (tertiary/aromatic N) is 4. The van der Waals surface area contributed by atoms with E-state index in [1.807, 2.05) is 13.8 Å². The molecular formula is C59H101N21O13S3. The average molecular weight is 1410 g/mol. The summed E-state index contributed by atoms with van der Waals surface area (Å²) < 4.78 is 0. The highest BCUT2D eigenvalue weighted by atomic mass is 32.2. The van der Waals surface area contributed by atoms with E-state index in [0.29, 0.717) is 24.2 Å². The fourth-order valence-electron chi connectivity index (χ4n) is 9.84. The second-order valence-corrected chi connectivity index (χ2v) is 25.3. The van der Waals surface area contributed by atoms with Crippen molar-refractivity contribution in [3.63, 3.8) is 0 Å². The van der Waals surface area contributed by atoms with Crippen molar-refractivity contribution in [2.24, 2.45) is 66.9 Å². The Morgan fingerprint density at radius 3 is 1.54 bits per heavy atom. The molecule has 37 heteroatoms. The van der Waals surface area contributed by atoms with Gasteiger partial charge in [0.2, 0.25) is 70.9 Å².